The van der Waals surface area contributed by atoms with E-state index in [1.165, 1.54) is 17.2 Å². The smallest absolute Gasteiger partial charge is 0.258 e. The molecule has 0 N–H and O–H groups in total. The van der Waals surface area contributed by atoms with Crippen LogP contribution < -0.4 is 0 Å². The average Bonchev–Trinajstić information content (AvgIpc) is 2.44. The molecule has 100 valence electrons. The van der Waals surface area contributed by atoms with Gasteiger partial charge in [-0.3, -0.25) is 10.1 Å². The fraction of sp³-hybridized carbons (Fsp3) is 0.133. The maximum atomic E-state index is 10.8. The first kappa shape index (κ1) is 14.1. The molecule has 0 saturated carbocycles. The topological polar surface area (TPSA) is 66.9 Å². The number of nitriles is 1. The van der Waals surface area contributed by atoms with Gasteiger partial charge in [0.1, 0.15) is 11.6 Å². The summed E-state index contributed by atoms with van der Waals surface area (Å²) in [5.41, 5.74) is 2.34. The van der Waals surface area contributed by atoms with E-state index in [4.69, 9.17) is 5.26 Å². The van der Waals surface area contributed by atoms with Crippen LogP contribution in [0.4, 0.5) is 5.69 Å². The van der Waals surface area contributed by atoms with E-state index in [2.05, 4.69) is 6.07 Å². The number of aryl methyl sites for hydroxylation is 1. The Balaban J connectivity index is 2.15. The van der Waals surface area contributed by atoms with Crippen LogP contribution in [-0.2, 0) is 5.75 Å². The van der Waals surface area contributed by atoms with Gasteiger partial charge in [-0.2, -0.15) is 5.26 Å². The van der Waals surface area contributed by atoms with Crippen molar-refractivity contribution in [2.24, 2.45) is 0 Å². The second-order valence-corrected chi connectivity index (χ2v) is 5.37. The number of benzene rings is 2. The number of hydrogen-bond donors (Lipinski definition) is 0. The molecule has 2 rings (SSSR count). The van der Waals surface area contributed by atoms with Crippen molar-refractivity contribution in [1.29, 1.82) is 5.26 Å². The SMILES string of the molecule is Cc1cccc(CSc2ccc([N+](=O)[O-])c(C#N)c2)c1. The Labute approximate surface area is 121 Å². The van der Waals surface area contributed by atoms with Crippen LogP contribution >= 0.6 is 11.8 Å². The fourth-order valence-corrected chi connectivity index (χ4v) is 2.70. The standard InChI is InChI=1S/C15H12N2O2S/c1-11-3-2-4-12(7-11)10-20-14-5-6-15(17(18)19)13(8-14)9-16/h2-8H,10H2,1H3. The van der Waals surface area contributed by atoms with Crippen molar-refractivity contribution in [3.63, 3.8) is 0 Å². The fourth-order valence-electron chi connectivity index (χ4n) is 1.82. The van der Waals surface area contributed by atoms with Crippen molar-refractivity contribution < 1.29 is 4.92 Å². The van der Waals surface area contributed by atoms with Gasteiger partial charge in [0.25, 0.3) is 5.69 Å². The predicted molar refractivity (Wildman–Crippen MR) is 78.6 cm³/mol. The quantitative estimate of drug-likeness (QED) is 0.482. The summed E-state index contributed by atoms with van der Waals surface area (Å²) in [6.07, 6.45) is 0. The van der Waals surface area contributed by atoms with Crippen LogP contribution in [0.1, 0.15) is 16.7 Å². The third kappa shape index (κ3) is 3.37. The second-order valence-electron chi connectivity index (χ2n) is 4.33. The molecule has 0 atom stereocenters. The van der Waals surface area contributed by atoms with Crippen LogP contribution in [0.15, 0.2) is 47.4 Å². The van der Waals surface area contributed by atoms with E-state index in [1.807, 2.05) is 31.2 Å². The van der Waals surface area contributed by atoms with Gasteiger partial charge in [0.15, 0.2) is 0 Å². The normalized spacial score (nSPS) is 10.0. The summed E-state index contributed by atoms with van der Waals surface area (Å²) < 4.78 is 0. The van der Waals surface area contributed by atoms with Gasteiger partial charge in [0, 0.05) is 16.7 Å². The highest BCUT2D eigenvalue weighted by atomic mass is 32.2. The maximum Gasteiger partial charge on any atom is 0.287 e. The third-order valence-corrected chi connectivity index (χ3v) is 3.84. The molecule has 0 aliphatic carbocycles. The zero-order valence-corrected chi connectivity index (χ0v) is 11.7. The maximum absolute atomic E-state index is 10.8. The Morgan fingerprint density at radius 3 is 2.75 bits per heavy atom. The zero-order valence-electron chi connectivity index (χ0n) is 10.9. The summed E-state index contributed by atoms with van der Waals surface area (Å²) in [5, 5.41) is 19.7. The Morgan fingerprint density at radius 2 is 2.10 bits per heavy atom. The molecule has 0 fully saturated rings. The molecule has 0 aromatic heterocycles. The Morgan fingerprint density at radius 1 is 1.30 bits per heavy atom. The first-order valence-electron chi connectivity index (χ1n) is 5.97. The van der Waals surface area contributed by atoms with E-state index in [-0.39, 0.29) is 11.3 Å². The highest BCUT2D eigenvalue weighted by Crippen LogP contribution is 2.28. The van der Waals surface area contributed by atoms with Crippen molar-refractivity contribution in [2.45, 2.75) is 17.6 Å². The highest BCUT2D eigenvalue weighted by molar-refractivity contribution is 7.98. The van der Waals surface area contributed by atoms with E-state index in [1.54, 1.807) is 23.9 Å². The van der Waals surface area contributed by atoms with Gasteiger partial charge in [-0.15, -0.1) is 11.8 Å². The summed E-state index contributed by atoms with van der Waals surface area (Å²) in [6, 6.07) is 14.7. The minimum Gasteiger partial charge on any atom is -0.258 e. The molecule has 0 saturated heterocycles. The van der Waals surface area contributed by atoms with Gasteiger partial charge >= 0.3 is 0 Å². The molecule has 20 heavy (non-hydrogen) atoms. The van der Waals surface area contributed by atoms with E-state index >= 15 is 0 Å². The molecular weight excluding hydrogens is 272 g/mol. The minimum atomic E-state index is -0.534. The van der Waals surface area contributed by atoms with E-state index in [9.17, 15) is 10.1 Å². The highest BCUT2D eigenvalue weighted by Gasteiger charge is 2.13. The number of nitro groups is 1. The number of thioether (sulfide) groups is 1. The first-order valence-corrected chi connectivity index (χ1v) is 6.95. The molecule has 2 aromatic rings. The molecule has 0 bridgehead atoms. The van der Waals surface area contributed by atoms with Crippen LogP contribution in [-0.4, -0.2) is 4.92 Å². The van der Waals surface area contributed by atoms with E-state index < -0.39 is 4.92 Å². The molecule has 0 heterocycles. The van der Waals surface area contributed by atoms with Crippen LogP contribution in [0, 0.1) is 28.4 Å². The third-order valence-electron chi connectivity index (χ3n) is 2.77. The van der Waals surface area contributed by atoms with E-state index in [0.29, 0.717) is 0 Å². The van der Waals surface area contributed by atoms with Gasteiger partial charge < -0.3 is 0 Å². The summed E-state index contributed by atoms with van der Waals surface area (Å²) in [7, 11) is 0. The molecule has 0 radical (unpaired) electrons. The van der Waals surface area contributed by atoms with Crippen molar-refractivity contribution in [3.05, 3.63) is 69.3 Å². The van der Waals surface area contributed by atoms with Crippen LogP contribution in [0.25, 0.3) is 0 Å². The lowest BCUT2D eigenvalue weighted by atomic mass is 10.2. The molecule has 0 aliphatic heterocycles. The molecule has 5 heteroatoms. The lowest BCUT2D eigenvalue weighted by Crippen LogP contribution is -1.92. The van der Waals surface area contributed by atoms with Crippen LogP contribution in [0.2, 0.25) is 0 Å². The molecule has 0 aliphatic rings. The summed E-state index contributed by atoms with van der Waals surface area (Å²) in [5.74, 6) is 0.768. The average molecular weight is 284 g/mol. The minimum absolute atomic E-state index is 0.101. The molecule has 0 amide bonds. The van der Waals surface area contributed by atoms with Crippen LogP contribution in [0.5, 0.6) is 0 Å². The summed E-state index contributed by atoms with van der Waals surface area (Å²) >= 11 is 1.56. The Kier molecular flexibility index (Phi) is 4.38. The van der Waals surface area contributed by atoms with Gasteiger partial charge in [-0.25, -0.2) is 0 Å². The first-order chi connectivity index (χ1) is 9.60. The second kappa shape index (κ2) is 6.22. The van der Waals surface area contributed by atoms with Crippen molar-refractivity contribution in [2.75, 3.05) is 0 Å². The number of rotatable bonds is 4. The monoisotopic (exact) mass is 284 g/mol. The van der Waals surface area contributed by atoms with Crippen molar-refractivity contribution in [3.8, 4) is 6.07 Å². The molecular formula is C15H12N2O2S. The summed E-state index contributed by atoms with van der Waals surface area (Å²) in [4.78, 5) is 11.1. The zero-order chi connectivity index (χ0) is 14.5. The molecule has 2 aromatic carbocycles. The van der Waals surface area contributed by atoms with Gasteiger partial charge in [0.2, 0.25) is 0 Å². The number of hydrogen-bond acceptors (Lipinski definition) is 4. The lowest BCUT2D eigenvalue weighted by molar-refractivity contribution is -0.385. The summed E-state index contributed by atoms with van der Waals surface area (Å²) in [6.45, 7) is 2.04. The molecule has 0 unspecified atom stereocenters. The predicted octanol–water partition coefficient (Wildman–Crippen LogP) is 4.07. The van der Waals surface area contributed by atoms with Gasteiger partial charge in [-0.1, -0.05) is 29.8 Å². The number of nitro benzene ring substituents is 1. The molecule has 4 nitrogen and oxygen atoms in total. The number of nitrogens with zero attached hydrogens (tertiary/aromatic N) is 2. The molecule has 0 spiro atoms. The Bertz CT molecular complexity index is 693. The van der Waals surface area contributed by atoms with Crippen molar-refractivity contribution >= 4 is 17.4 Å². The van der Waals surface area contributed by atoms with Gasteiger partial charge in [-0.05, 0) is 24.6 Å². The van der Waals surface area contributed by atoms with Crippen molar-refractivity contribution in [1.82, 2.24) is 0 Å². The van der Waals surface area contributed by atoms with Crippen LogP contribution in [0.3, 0.4) is 0 Å². The lowest BCUT2D eigenvalue weighted by Gasteiger charge is -2.04. The Hall–Kier alpha value is -2.32. The van der Waals surface area contributed by atoms with Gasteiger partial charge in [0.05, 0.1) is 4.92 Å². The van der Waals surface area contributed by atoms with E-state index in [0.717, 1.165) is 10.6 Å². The largest absolute Gasteiger partial charge is 0.287 e.